The van der Waals surface area contributed by atoms with Gasteiger partial charge in [0.1, 0.15) is 6.04 Å². The SMILES string of the molecule is N#N.NC(Cc1c[nH]c2ccccc12)C(=O)O. The second kappa shape index (κ2) is 5.63. The second-order valence-corrected chi connectivity index (χ2v) is 3.51. The number of benzene rings is 1. The molecule has 1 unspecified atom stereocenters. The van der Waals surface area contributed by atoms with Crippen molar-refractivity contribution >= 4 is 16.9 Å². The molecule has 6 nitrogen and oxygen atoms in total. The fourth-order valence-electron chi connectivity index (χ4n) is 1.62. The molecule has 0 saturated heterocycles. The van der Waals surface area contributed by atoms with Crippen LogP contribution in [0.4, 0.5) is 0 Å². The average Bonchev–Trinajstić information content (AvgIpc) is 2.75. The Kier molecular flexibility index (Phi) is 4.20. The number of H-pyrrole nitrogens is 1. The van der Waals surface area contributed by atoms with E-state index in [9.17, 15) is 4.79 Å². The van der Waals surface area contributed by atoms with Crippen LogP contribution in [0.1, 0.15) is 5.56 Å². The highest BCUT2D eigenvalue weighted by Gasteiger charge is 2.14. The number of aromatic nitrogens is 1. The lowest BCUT2D eigenvalue weighted by atomic mass is 10.1. The minimum atomic E-state index is -0.972. The van der Waals surface area contributed by atoms with Gasteiger partial charge in [-0.2, -0.15) is 0 Å². The topological polar surface area (TPSA) is 127 Å². The molecule has 0 aliphatic heterocycles. The van der Waals surface area contributed by atoms with Crippen LogP contribution in [-0.4, -0.2) is 22.1 Å². The van der Waals surface area contributed by atoms with Gasteiger partial charge in [-0.3, -0.25) is 4.79 Å². The normalized spacial score (nSPS) is 11.5. The third kappa shape index (κ3) is 2.80. The van der Waals surface area contributed by atoms with Gasteiger partial charge < -0.3 is 15.8 Å². The van der Waals surface area contributed by atoms with E-state index in [2.05, 4.69) is 4.98 Å². The molecule has 0 bridgehead atoms. The van der Waals surface area contributed by atoms with Crippen molar-refractivity contribution in [2.45, 2.75) is 12.5 Å². The molecule has 6 heteroatoms. The van der Waals surface area contributed by atoms with E-state index >= 15 is 0 Å². The van der Waals surface area contributed by atoms with Crippen molar-refractivity contribution in [2.24, 2.45) is 5.73 Å². The summed E-state index contributed by atoms with van der Waals surface area (Å²) in [6.45, 7) is 0. The molecule has 88 valence electrons. The molecule has 2 aromatic rings. The Morgan fingerprint density at radius 2 is 2.06 bits per heavy atom. The Morgan fingerprint density at radius 1 is 1.41 bits per heavy atom. The third-order valence-corrected chi connectivity index (χ3v) is 2.43. The number of carboxylic acids is 1. The number of para-hydroxylation sites is 1. The molecule has 0 fully saturated rings. The van der Waals surface area contributed by atoms with Crippen LogP contribution in [-0.2, 0) is 11.2 Å². The number of carboxylic acid groups (broad SMARTS) is 1. The monoisotopic (exact) mass is 232 g/mol. The van der Waals surface area contributed by atoms with Crippen LogP contribution in [0.15, 0.2) is 30.5 Å². The highest BCUT2D eigenvalue weighted by atomic mass is 16.4. The van der Waals surface area contributed by atoms with Gasteiger partial charge in [-0.15, -0.1) is 0 Å². The maximum Gasteiger partial charge on any atom is 0.320 e. The zero-order chi connectivity index (χ0) is 12.8. The second-order valence-electron chi connectivity index (χ2n) is 3.51. The first-order valence-electron chi connectivity index (χ1n) is 4.92. The maximum atomic E-state index is 10.6. The summed E-state index contributed by atoms with van der Waals surface area (Å²) in [5.74, 6) is -0.972. The first-order chi connectivity index (χ1) is 8.18. The summed E-state index contributed by atoms with van der Waals surface area (Å²) >= 11 is 0. The molecule has 1 atom stereocenters. The predicted octanol–water partition coefficient (Wildman–Crippen LogP) is 1.15. The predicted molar refractivity (Wildman–Crippen MR) is 61.1 cm³/mol. The van der Waals surface area contributed by atoms with E-state index < -0.39 is 12.0 Å². The van der Waals surface area contributed by atoms with E-state index in [0.29, 0.717) is 6.42 Å². The van der Waals surface area contributed by atoms with Crippen LogP contribution >= 0.6 is 0 Å². The first-order valence-corrected chi connectivity index (χ1v) is 4.92. The van der Waals surface area contributed by atoms with Crippen LogP contribution in [0.25, 0.3) is 10.9 Å². The molecule has 0 radical (unpaired) electrons. The number of hydrogen-bond donors (Lipinski definition) is 3. The van der Waals surface area contributed by atoms with E-state index in [-0.39, 0.29) is 0 Å². The molecule has 0 aliphatic rings. The number of hydrogen-bond acceptors (Lipinski definition) is 4. The standard InChI is InChI=1S/C11H12N2O2.N2/c12-9(11(14)15)5-7-6-13-10-4-2-1-3-8(7)10;1-2/h1-4,6,9,13H,5,12H2,(H,14,15);. The lowest BCUT2D eigenvalue weighted by molar-refractivity contribution is -0.138. The van der Waals surface area contributed by atoms with E-state index in [1.807, 2.05) is 30.5 Å². The lowest BCUT2D eigenvalue weighted by Crippen LogP contribution is -2.32. The van der Waals surface area contributed by atoms with E-state index in [1.54, 1.807) is 0 Å². The minimum absolute atomic E-state index is 0.347. The number of nitrogens with two attached hydrogens (primary N) is 1. The molecular formula is C11H12N4O2. The molecule has 17 heavy (non-hydrogen) atoms. The number of aromatic amines is 1. The van der Waals surface area contributed by atoms with Crippen LogP contribution in [0.2, 0.25) is 0 Å². The fraction of sp³-hybridized carbons (Fsp3) is 0.182. The van der Waals surface area contributed by atoms with Crippen LogP contribution in [0.5, 0.6) is 0 Å². The van der Waals surface area contributed by atoms with Gasteiger partial charge in [0, 0.05) is 34.3 Å². The van der Waals surface area contributed by atoms with Crippen LogP contribution in [0, 0.1) is 10.8 Å². The molecule has 0 aliphatic carbocycles. The average molecular weight is 232 g/mol. The maximum absolute atomic E-state index is 10.6. The van der Waals surface area contributed by atoms with Crippen LogP contribution < -0.4 is 5.73 Å². The van der Waals surface area contributed by atoms with Crippen molar-refractivity contribution in [2.75, 3.05) is 0 Å². The number of nitrogens with zero attached hydrogens (tertiary/aromatic N) is 2. The largest absolute Gasteiger partial charge is 0.480 e. The molecular weight excluding hydrogens is 220 g/mol. The summed E-state index contributed by atoms with van der Waals surface area (Å²) < 4.78 is 0. The summed E-state index contributed by atoms with van der Waals surface area (Å²) in [5, 5.41) is 21.8. The van der Waals surface area contributed by atoms with Gasteiger partial charge in [-0.1, -0.05) is 18.2 Å². The number of aliphatic carboxylic acids is 1. The molecule has 1 heterocycles. The highest BCUT2D eigenvalue weighted by Crippen LogP contribution is 2.18. The Balaban J connectivity index is 0.000000686. The van der Waals surface area contributed by atoms with Gasteiger partial charge in [0.05, 0.1) is 0 Å². The number of fused-ring (bicyclic) bond motifs is 1. The van der Waals surface area contributed by atoms with E-state index in [1.165, 1.54) is 0 Å². The van der Waals surface area contributed by atoms with Crippen molar-refractivity contribution in [1.29, 1.82) is 10.8 Å². The molecule has 0 amide bonds. The van der Waals surface area contributed by atoms with Crippen molar-refractivity contribution in [3.63, 3.8) is 0 Å². The lowest BCUT2D eigenvalue weighted by Gasteiger charge is -2.04. The van der Waals surface area contributed by atoms with Gasteiger partial charge in [0.15, 0.2) is 0 Å². The van der Waals surface area contributed by atoms with Crippen molar-refractivity contribution in [1.82, 2.24) is 4.98 Å². The molecule has 0 spiro atoms. The molecule has 1 aromatic heterocycles. The molecule has 0 saturated carbocycles. The van der Waals surface area contributed by atoms with Crippen molar-refractivity contribution in [3.8, 4) is 0 Å². The zero-order valence-corrected chi connectivity index (χ0v) is 9.00. The van der Waals surface area contributed by atoms with Gasteiger partial charge in [-0.25, -0.2) is 0 Å². The summed E-state index contributed by atoms with van der Waals surface area (Å²) in [7, 11) is 0. The Bertz CT molecular complexity index is 532. The number of rotatable bonds is 3. The van der Waals surface area contributed by atoms with E-state index in [4.69, 9.17) is 21.6 Å². The van der Waals surface area contributed by atoms with Crippen molar-refractivity contribution in [3.05, 3.63) is 36.0 Å². The summed E-state index contributed by atoms with van der Waals surface area (Å²) in [5.41, 5.74) is 7.43. The summed E-state index contributed by atoms with van der Waals surface area (Å²) in [6, 6.07) is 6.91. The fourth-order valence-corrected chi connectivity index (χ4v) is 1.62. The number of nitrogens with one attached hydrogen (secondary N) is 1. The Labute approximate surface area is 97.5 Å². The van der Waals surface area contributed by atoms with Crippen LogP contribution in [0.3, 0.4) is 0 Å². The van der Waals surface area contributed by atoms with Gasteiger partial charge >= 0.3 is 5.97 Å². The summed E-state index contributed by atoms with van der Waals surface area (Å²) in [6.07, 6.45) is 2.16. The Hall–Kier alpha value is -2.39. The minimum Gasteiger partial charge on any atom is -0.480 e. The quantitative estimate of drug-likeness (QED) is 0.684. The summed E-state index contributed by atoms with van der Waals surface area (Å²) in [4.78, 5) is 13.7. The van der Waals surface area contributed by atoms with Gasteiger partial charge in [-0.05, 0) is 11.6 Å². The van der Waals surface area contributed by atoms with E-state index in [0.717, 1.165) is 16.5 Å². The van der Waals surface area contributed by atoms with Gasteiger partial charge in [0.2, 0.25) is 0 Å². The molecule has 4 N–H and O–H groups in total. The number of carbonyl (C=O) groups is 1. The third-order valence-electron chi connectivity index (χ3n) is 2.43. The zero-order valence-electron chi connectivity index (χ0n) is 9.00. The molecule has 1 aromatic carbocycles. The van der Waals surface area contributed by atoms with Crippen molar-refractivity contribution < 1.29 is 9.90 Å². The Morgan fingerprint density at radius 3 is 2.71 bits per heavy atom. The van der Waals surface area contributed by atoms with Gasteiger partial charge in [0.25, 0.3) is 0 Å². The highest BCUT2D eigenvalue weighted by molar-refractivity contribution is 5.84. The smallest absolute Gasteiger partial charge is 0.320 e. The first kappa shape index (κ1) is 12.7. The molecule has 2 rings (SSSR count).